The van der Waals surface area contributed by atoms with Crippen LogP contribution in [0, 0.1) is 6.92 Å². The fraction of sp³-hybridized carbons (Fsp3) is 0.261. The number of benzene rings is 1. The van der Waals surface area contributed by atoms with Crippen LogP contribution in [0.4, 0.5) is 5.69 Å². The Labute approximate surface area is 186 Å². The molecule has 0 amide bonds. The Morgan fingerprint density at radius 3 is 2.60 bits per heavy atom. The van der Waals surface area contributed by atoms with Crippen molar-refractivity contribution in [3.8, 4) is 0 Å². The van der Waals surface area contributed by atoms with Crippen molar-refractivity contribution in [2.24, 2.45) is 7.05 Å². The summed E-state index contributed by atoms with van der Waals surface area (Å²) in [6.45, 7) is 1.96. The second kappa shape index (κ2) is 8.58. The maximum absolute atomic E-state index is 13.0. The number of carbonyl (C=O) groups excluding carboxylic acids is 1. The number of pyridine rings is 1. The highest BCUT2D eigenvalue weighted by Gasteiger charge is 2.22. The lowest BCUT2D eigenvalue weighted by Crippen LogP contribution is -2.30. The third-order valence-electron chi connectivity index (χ3n) is 5.20. The number of thiocarbonyl (C=S) groups is 1. The molecule has 7 heteroatoms. The molecule has 154 valence electrons. The van der Waals surface area contributed by atoms with Crippen LogP contribution < -0.4 is 10.6 Å². The van der Waals surface area contributed by atoms with Crippen molar-refractivity contribution in [1.29, 1.82) is 0 Å². The number of hydrogen-bond donors (Lipinski definition) is 2. The van der Waals surface area contributed by atoms with E-state index >= 15 is 0 Å². The fourth-order valence-corrected chi connectivity index (χ4v) is 3.84. The summed E-state index contributed by atoms with van der Waals surface area (Å²) in [5.41, 5.74) is 5.07. The predicted molar refractivity (Wildman–Crippen MR) is 124 cm³/mol. The number of aryl methyl sites for hydroxylation is 1. The van der Waals surface area contributed by atoms with Gasteiger partial charge in [-0.1, -0.05) is 11.6 Å². The van der Waals surface area contributed by atoms with Gasteiger partial charge in [0.25, 0.3) is 0 Å². The Bertz CT molecular complexity index is 1090. The van der Waals surface area contributed by atoms with E-state index in [1.165, 1.54) is 12.8 Å². The first-order valence-corrected chi connectivity index (χ1v) is 10.7. The zero-order chi connectivity index (χ0) is 21.3. The zero-order valence-corrected chi connectivity index (χ0v) is 18.5. The van der Waals surface area contributed by atoms with E-state index in [0.717, 1.165) is 22.6 Å². The minimum Gasteiger partial charge on any atom is -0.360 e. The molecule has 4 rings (SSSR count). The zero-order valence-electron chi connectivity index (χ0n) is 16.9. The highest BCUT2D eigenvalue weighted by atomic mass is 35.5. The van der Waals surface area contributed by atoms with E-state index < -0.39 is 0 Å². The summed E-state index contributed by atoms with van der Waals surface area (Å²) in [5.74, 6) is -0.0119. The summed E-state index contributed by atoms with van der Waals surface area (Å²) in [7, 11) is 1.92. The van der Waals surface area contributed by atoms with E-state index in [2.05, 4.69) is 15.6 Å². The summed E-state index contributed by atoms with van der Waals surface area (Å²) in [5, 5.41) is 7.66. The average Bonchev–Trinajstić information content (AvgIpc) is 3.48. The van der Waals surface area contributed by atoms with Gasteiger partial charge in [0.05, 0.1) is 17.6 Å². The minimum atomic E-state index is -0.0119. The van der Waals surface area contributed by atoms with E-state index in [-0.39, 0.29) is 5.78 Å². The van der Waals surface area contributed by atoms with Crippen LogP contribution in [0.5, 0.6) is 0 Å². The van der Waals surface area contributed by atoms with Crippen LogP contribution in [-0.4, -0.2) is 26.5 Å². The number of anilines is 1. The molecule has 1 aromatic carbocycles. The number of rotatable bonds is 6. The van der Waals surface area contributed by atoms with Crippen LogP contribution in [0.3, 0.4) is 0 Å². The van der Waals surface area contributed by atoms with Crippen molar-refractivity contribution in [1.82, 2.24) is 14.9 Å². The van der Waals surface area contributed by atoms with Gasteiger partial charge in [-0.25, -0.2) is 0 Å². The number of halogens is 1. The first-order valence-electron chi connectivity index (χ1n) is 9.88. The minimum absolute atomic E-state index is 0.0119. The summed E-state index contributed by atoms with van der Waals surface area (Å²) < 4.78 is 1.95. The largest absolute Gasteiger partial charge is 0.360 e. The SMILES string of the molecule is Cc1cc(Cc2ccc(NC(=S)NC3CC3)cn2)n(C)c1C(=O)c1ccc(Cl)cc1. The first kappa shape index (κ1) is 20.6. The second-order valence-corrected chi connectivity index (χ2v) is 8.49. The molecule has 30 heavy (non-hydrogen) atoms. The average molecular weight is 439 g/mol. The van der Waals surface area contributed by atoms with Gasteiger partial charge >= 0.3 is 0 Å². The van der Waals surface area contributed by atoms with E-state index in [9.17, 15) is 4.79 Å². The second-order valence-electron chi connectivity index (χ2n) is 7.65. The van der Waals surface area contributed by atoms with Gasteiger partial charge < -0.3 is 15.2 Å². The van der Waals surface area contributed by atoms with Crippen LogP contribution in [0.2, 0.25) is 5.02 Å². The van der Waals surface area contributed by atoms with E-state index in [1.807, 2.05) is 36.7 Å². The Balaban J connectivity index is 1.47. The van der Waals surface area contributed by atoms with Crippen molar-refractivity contribution in [3.63, 3.8) is 0 Å². The van der Waals surface area contributed by atoms with Crippen molar-refractivity contribution < 1.29 is 4.79 Å². The van der Waals surface area contributed by atoms with Gasteiger partial charge in [0, 0.05) is 41.5 Å². The van der Waals surface area contributed by atoms with Gasteiger partial charge in [0.2, 0.25) is 5.78 Å². The quantitative estimate of drug-likeness (QED) is 0.433. The number of ketones is 1. The van der Waals surface area contributed by atoms with E-state index in [4.69, 9.17) is 23.8 Å². The molecule has 5 nitrogen and oxygen atoms in total. The van der Waals surface area contributed by atoms with Crippen molar-refractivity contribution >= 4 is 40.4 Å². The third-order valence-corrected chi connectivity index (χ3v) is 5.67. The normalized spacial score (nSPS) is 13.2. The van der Waals surface area contributed by atoms with Crippen LogP contribution in [0.1, 0.15) is 45.8 Å². The number of nitrogens with zero attached hydrogens (tertiary/aromatic N) is 2. The number of carbonyl (C=O) groups is 1. The topological polar surface area (TPSA) is 59.0 Å². The number of hydrogen-bond acceptors (Lipinski definition) is 3. The predicted octanol–water partition coefficient (Wildman–Crippen LogP) is 4.65. The molecule has 2 aromatic heterocycles. The van der Waals surface area contributed by atoms with Gasteiger partial charge in [-0.15, -0.1) is 0 Å². The molecular formula is C23H23ClN4OS. The Hall–Kier alpha value is -2.70. The molecule has 0 atom stereocenters. The molecule has 2 N–H and O–H groups in total. The molecule has 0 aliphatic heterocycles. The van der Waals surface area contributed by atoms with Crippen molar-refractivity contribution in [2.45, 2.75) is 32.2 Å². The highest BCUT2D eigenvalue weighted by Crippen LogP contribution is 2.22. The van der Waals surface area contributed by atoms with Gasteiger partial charge in [-0.05, 0) is 80.0 Å². The van der Waals surface area contributed by atoms with Gasteiger partial charge in [0.15, 0.2) is 5.11 Å². The number of aromatic nitrogens is 2. The first-order chi connectivity index (χ1) is 14.4. The lowest BCUT2D eigenvalue weighted by Gasteiger charge is -2.10. The van der Waals surface area contributed by atoms with Gasteiger partial charge in [-0.2, -0.15) is 0 Å². The molecule has 0 radical (unpaired) electrons. The summed E-state index contributed by atoms with van der Waals surface area (Å²) >= 11 is 11.2. The van der Waals surface area contributed by atoms with Crippen molar-refractivity contribution in [3.05, 3.63) is 81.9 Å². The Morgan fingerprint density at radius 2 is 1.97 bits per heavy atom. The van der Waals surface area contributed by atoms with Crippen LogP contribution >= 0.6 is 23.8 Å². The smallest absolute Gasteiger partial charge is 0.209 e. The van der Waals surface area contributed by atoms with E-state index in [1.54, 1.807) is 30.5 Å². The highest BCUT2D eigenvalue weighted by molar-refractivity contribution is 7.80. The van der Waals surface area contributed by atoms with Gasteiger partial charge in [0.1, 0.15) is 0 Å². The fourth-order valence-electron chi connectivity index (χ4n) is 3.43. The van der Waals surface area contributed by atoms with Crippen molar-refractivity contribution in [2.75, 3.05) is 5.32 Å². The molecule has 0 spiro atoms. The molecule has 1 aliphatic carbocycles. The monoisotopic (exact) mass is 438 g/mol. The van der Waals surface area contributed by atoms with E-state index in [0.29, 0.717) is 33.9 Å². The molecule has 1 aliphatic rings. The lowest BCUT2D eigenvalue weighted by atomic mass is 10.1. The van der Waals surface area contributed by atoms with Crippen LogP contribution in [0.15, 0.2) is 48.7 Å². The number of nitrogens with one attached hydrogen (secondary N) is 2. The van der Waals surface area contributed by atoms with Gasteiger partial charge in [-0.3, -0.25) is 9.78 Å². The molecule has 1 saturated carbocycles. The van der Waals surface area contributed by atoms with Crippen LogP contribution in [0.25, 0.3) is 0 Å². The molecule has 0 bridgehead atoms. The summed E-state index contributed by atoms with van der Waals surface area (Å²) in [6, 6.07) is 13.5. The van der Waals surface area contributed by atoms with Crippen LogP contribution in [-0.2, 0) is 13.5 Å². The maximum atomic E-state index is 13.0. The summed E-state index contributed by atoms with van der Waals surface area (Å²) in [4.78, 5) is 17.5. The molecule has 3 aromatic rings. The molecule has 0 unspecified atom stereocenters. The molecule has 2 heterocycles. The standard InChI is InChI=1S/C23H23ClN4OS/c1-14-11-20(28(2)21(14)22(29)15-3-5-16(24)6-4-15)12-18-9-10-19(13-25-18)27-23(30)26-17-7-8-17/h3-6,9-11,13,17H,7-8,12H2,1-2H3,(H2,26,27,30). The molecular weight excluding hydrogens is 416 g/mol. The molecule has 1 fully saturated rings. The lowest BCUT2D eigenvalue weighted by molar-refractivity contribution is 0.103. The maximum Gasteiger partial charge on any atom is 0.209 e. The Kier molecular flexibility index (Phi) is 5.88. The third kappa shape index (κ3) is 4.71. The Morgan fingerprint density at radius 1 is 1.23 bits per heavy atom. The molecule has 0 saturated heterocycles. The summed E-state index contributed by atoms with van der Waals surface area (Å²) in [6.07, 6.45) is 4.78.